The lowest BCUT2D eigenvalue weighted by Gasteiger charge is -2.22. The largest absolute Gasteiger partial charge is 0.384 e. The van der Waals surface area contributed by atoms with E-state index in [1.807, 2.05) is 44.2 Å². The van der Waals surface area contributed by atoms with Crippen LogP contribution in [-0.4, -0.2) is 23.9 Å². The highest BCUT2D eigenvalue weighted by molar-refractivity contribution is 6.35. The van der Waals surface area contributed by atoms with Crippen LogP contribution in [0.4, 0.5) is 4.39 Å². The second kappa shape index (κ2) is 9.72. The maximum absolute atomic E-state index is 13.9. The van der Waals surface area contributed by atoms with Gasteiger partial charge in [0.2, 0.25) is 5.91 Å². The molecule has 4 rings (SSSR count). The van der Waals surface area contributed by atoms with Crippen LogP contribution in [0.3, 0.4) is 0 Å². The Labute approximate surface area is 206 Å². The van der Waals surface area contributed by atoms with Crippen LogP contribution in [0, 0.1) is 5.82 Å². The van der Waals surface area contributed by atoms with Gasteiger partial charge >= 0.3 is 0 Å². The summed E-state index contributed by atoms with van der Waals surface area (Å²) in [6, 6.07) is 14.2. The van der Waals surface area contributed by atoms with Crippen LogP contribution in [0.5, 0.6) is 0 Å². The standard InChI is InChI=1S/C26H23Cl2FN2O3/c1-3-30-24(33)11-10-23(32)19-9-8-18(16-6-4-5-7-17(16)19)22-14-26(2,34-31-22)15-12-20(27)25(29)21(28)13-15/h4-9,12-13H,3,10-11,14H2,1-2H3,(H,30,33)/t26-/m0/s1. The van der Waals surface area contributed by atoms with Crippen molar-refractivity contribution in [2.24, 2.45) is 5.16 Å². The first-order valence-electron chi connectivity index (χ1n) is 11.0. The molecule has 8 heteroatoms. The van der Waals surface area contributed by atoms with E-state index in [0.29, 0.717) is 29.8 Å². The molecule has 176 valence electrons. The minimum absolute atomic E-state index is 0.0818. The van der Waals surface area contributed by atoms with Gasteiger partial charge in [0.05, 0.1) is 15.8 Å². The van der Waals surface area contributed by atoms with E-state index in [2.05, 4.69) is 10.5 Å². The lowest BCUT2D eigenvalue weighted by atomic mass is 9.86. The van der Waals surface area contributed by atoms with Crippen molar-refractivity contribution < 1.29 is 18.8 Å². The van der Waals surface area contributed by atoms with Gasteiger partial charge in [-0.25, -0.2) is 4.39 Å². The van der Waals surface area contributed by atoms with E-state index < -0.39 is 11.4 Å². The zero-order chi connectivity index (χ0) is 24.5. The number of nitrogens with zero attached hydrogens (tertiary/aromatic N) is 1. The molecule has 0 unspecified atom stereocenters. The quantitative estimate of drug-likeness (QED) is 0.300. The molecule has 34 heavy (non-hydrogen) atoms. The fourth-order valence-corrected chi connectivity index (χ4v) is 4.63. The predicted octanol–water partition coefficient (Wildman–Crippen LogP) is 6.42. The number of oxime groups is 1. The number of carbonyl (C=O) groups excluding carboxylic acids is 2. The van der Waals surface area contributed by atoms with E-state index >= 15 is 0 Å². The van der Waals surface area contributed by atoms with Crippen molar-refractivity contribution in [3.05, 3.63) is 81.1 Å². The number of nitrogens with one attached hydrogen (secondary N) is 1. The zero-order valence-corrected chi connectivity index (χ0v) is 20.3. The number of hydrogen-bond acceptors (Lipinski definition) is 4. The minimum Gasteiger partial charge on any atom is -0.384 e. The van der Waals surface area contributed by atoms with Gasteiger partial charge in [-0.05, 0) is 36.8 Å². The molecule has 3 aromatic carbocycles. The molecule has 3 aromatic rings. The number of amides is 1. The van der Waals surface area contributed by atoms with Gasteiger partial charge in [0.15, 0.2) is 17.2 Å². The van der Waals surface area contributed by atoms with Gasteiger partial charge in [0, 0.05) is 42.5 Å². The Hall–Kier alpha value is -2.96. The Morgan fingerprint density at radius 1 is 1.09 bits per heavy atom. The van der Waals surface area contributed by atoms with Gasteiger partial charge in [-0.2, -0.15) is 0 Å². The molecule has 1 N–H and O–H groups in total. The first-order chi connectivity index (χ1) is 16.2. The van der Waals surface area contributed by atoms with Crippen molar-refractivity contribution in [3.8, 4) is 0 Å². The molecular weight excluding hydrogens is 478 g/mol. The monoisotopic (exact) mass is 500 g/mol. The van der Waals surface area contributed by atoms with Gasteiger partial charge in [0.1, 0.15) is 0 Å². The number of hydrogen-bond donors (Lipinski definition) is 1. The van der Waals surface area contributed by atoms with Gasteiger partial charge < -0.3 is 10.2 Å². The third-order valence-electron chi connectivity index (χ3n) is 5.95. The molecule has 0 spiro atoms. The summed E-state index contributed by atoms with van der Waals surface area (Å²) in [4.78, 5) is 30.5. The molecule has 0 radical (unpaired) electrons. The van der Waals surface area contributed by atoms with Crippen molar-refractivity contribution in [2.75, 3.05) is 6.54 Å². The molecule has 1 heterocycles. The molecule has 1 atom stereocenters. The SMILES string of the molecule is CCNC(=O)CCC(=O)c1ccc(C2=NO[C@](C)(c3cc(Cl)c(F)c(Cl)c3)C2)c2ccccc12. The molecular formula is C26H23Cl2FN2O3. The summed E-state index contributed by atoms with van der Waals surface area (Å²) in [6.45, 7) is 4.21. The second-order valence-corrected chi connectivity index (χ2v) is 9.19. The fourth-order valence-electron chi connectivity index (χ4n) is 4.14. The van der Waals surface area contributed by atoms with E-state index in [-0.39, 0.29) is 34.6 Å². The molecule has 1 amide bonds. The summed E-state index contributed by atoms with van der Waals surface area (Å²) in [7, 11) is 0. The average molecular weight is 501 g/mol. The van der Waals surface area contributed by atoms with Crippen LogP contribution in [0.15, 0.2) is 53.7 Å². The number of Topliss-reactive ketones (excluding diaryl/α,β-unsaturated/α-hetero) is 1. The van der Waals surface area contributed by atoms with E-state index in [1.54, 1.807) is 6.07 Å². The van der Waals surface area contributed by atoms with Crippen LogP contribution in [0.25, 0.3) is 10.8 Å². The summed E-state index contributed by atoms with van der Waals surface area (Å²) < 4.78 is 13.9. The summed E-state index contributed by atoms with van der Waals surface area (Å²) in [5.74, 6) is -0.915. The second-order valence-electron chi connectivity index (χ2n) is 8.37. The topological polar surface area (TPSA) is 67.8 Å². The summed E-state index contributed by atoms with van der Waals surface area (Å²) in [5.41, 5.74) is 1.82. The maximum atomic E-state index is 13.9. The first kappa shape index (κ1) is 24.2. The summed E-state index contributed by atoms with van der Waals surface area (Å²) in [5, 5.41) is 8.50. The molecule has 0 aromatic heterocycles. The molecule has 1 aliphatic heterocycles. The number of fused-ring (bicyclic) bond motifs is 1. The third-order valence-corrected chi connectivity index (χ3v) is 6.50. The zero-order valence-electron chi connectivity index (χ0n) is 18.8. The van der Waals surface area contributed by atoms with Crippen molar-refractivity contribution >= 4 is 51.4 Å². The van der Waals surface area contributed by atoms with Crippen molar-refractivity contribution in [3.63, 3.8) is 0 Å². The highest BCUT2D eigenvalue weighted by Gasteiger charge is 2.38. The number of rotatable bonds is 7. The Morgan fingerprint density at radius 2 is 1.76 bits per heavy atom. The molecule has 0 bridgehead atoms. The van der Waals surface area contributed by atoms with Crippen LogP contribution in [0.2, 0.25) is 10.0 Å². The smallest absolute Gasteiger partial charge is 0.220 e. The summed E-state index contributed by atoms with van der Waals surface area (Å²) in [6.07, 6.45) is 0.674. The van der Waals surface area contributed by atoms with Crippen LogP contribution < -0.4 is 5.32 Å². The molecule has 0 saturated heterocycles. The van der Waals surface area contributed by atoms with Crippen molar-refractivity contribution in [1.82, 2.24) is 5.32 Å². The van der Waals surface area contributed by atoms with E-state index in [0.717, 1.165) is 16.3 Å². The van der Waals surface area contributed by atoms with Crippen molar-refractivity contribution in [1.29, 1.82) is 0 Å². The normalized spacial score (nSPS) is 17.4. The number of carbonyl (C=O) groups is 2. The highest BCUT2D eigenvalue weighted by Crippen LogP contribution is 2.40. The van der Waals surface area contributed by atoms with E-state index in [1.165, 1.54) is 12.1 Å². The molecule has 5 nitrogen and oxygen atoms in total. The number of benzene rings is 3. The van der Waals surface area contributed by atoms with E-state index in [9.17, 15) is 14.0 Å². The Bertz CT molecular complexity index is 1300. The number of ketones is 1. The minimum atomic E-state index is -0.876. The predicted molar refractivity (Wildman–Crippen MR) is 132 cm³/mol. The fraction of sp³-hybridized carbons (Fsp3) is 0.269. The van der Waals surface area contributed by atoms with Crippen molar-refractivity contribution in [2.45, 2.75) is 38.7 Å². The molecule has 1 aliphatic rings. The van der Waals surface area contributed by atoms with E-state index in [4.69, 9.17) is 28.0 Å². The Balaban J connectivity index is 1.63. The highest BCUT2D eigenvalue weighted by atomic mass is 35.5. The molecule has 0 aliphatic carbocycles. The lowest BCUT2D eigenvalue weighted by molar-refractivity contribution is -0.120. The Morgan fingerprint density at radius 3 is 2.44 bits per heavy atom. The summed E-state index contributed by atoms with van der Waals surface area (Å²) >= 11 is 12.0. The van der Waals surface area contributed by atoms with Gasteiger partial charge in [-0.15, -0.1) is 0 Å². The van der Waals surface area contributed by atoms with Crippen LogP contribution in [-0.2, 0) is 15.2 Å². The first-order valence-corrected chi connectivity index (χ1v) is 11.7. The molecule has 0 saturated carbocycles. The van der Waals surface area contributed by atoms with Gasteiger partial charge in [-0.1, -0.05) is 64.8 Å². The Kier molecular flexibility index (Phi) is 6.91. The van der Waals surface area contributed by atoms with Gasteiger partial charge in [-0.3, -0.25) is 9.59 Å². The lowest BCUT2D eigenvalue weighted by Crippen LogP contribution is -2.23. The van der Waals surface area contributed by atoms with Gasteiger partial charge in [0.25, 0.3) is 0 Å². The molecule has 0 fully saturated rings. The maximum Gasteiger partial charge on any atom is 0.220 e. The number of halogens is 3. The average Bonchev–Trinajstić information content (AvgIpc) is 3.23. The van der Waals surface area contributed by atoms with Crippen LogP contribution >= 0.6 is 23.2 Å². The van der Waals surface area contributed by atoms with Crippen LogP contribution in [0.1, 0.15) is 54.6 Å². The third kappa shape index (κ3) is 4.65.